The van der Waals surface area contributed by atoms with E-state index in [9.17, 15) is 0 Å². The Morgan fingerprint density at radius 2 is 2.30 bits per heavy atom. The Morgan fingerprint density at radius 1 is 1.35 bits per heavy atom. The van der Waals surface area contributed by atoms with Crippen LogP contribution in [0.5, 0.6) is 5.75 Å². The van der Waals surface area contributed by atoms with Crippen molar-refractivity contribution in [2.45, 2.75) is 38.4 Å². The summed E-state index contributed by atoms with van der Waals surface area (Å²) in [4.78, 5) is 6.48. The fraction of sp³-hybridized carbons (Fsp3) is 0.500. The molecule has 5 heteroatoms. The molecule has 0 unspecified atom stereocenters. The van der Waals surface area contributed by atoms with Crippen LogP contribution in [0.25, 0.3) is 0 Å². The van der Waals surface area contributed by atoms with Crippen LogP contribution in [0.3, 0.4) is 0 Å². The van der Waals surface area contributed by atoms with Gasteiger partial charge in [-0.1, -0.05) is 12.1 Å². The summed E-state index contributed by atoms with van der Waals surface area (Å²) in [5, 5.41) is 0. The molecule has 0 bridgehead atoms. The molecule has 1 aromatic heterocycles. The van der Waals surface area contributed by atoms with E-state index in [1.807, 2.05) is 18.6 Å². The van der Waals surface area contributed by atoms with Crippen LogP contribution in [0.1, 0.15) is 24.8 Å². The molecule has 1 aliphatic rings. The first kappa shape index (κ1) is 16.0. The molecule has 0 radical (unpaired) electrons. The van der Waals surface area contributed by atoms with Gasteiger partial charge >= 0.3 is 0 Å². The van der Waals surface area contributed by atoms with Gasteiger partial charge in [0.15, 0.2) is 0 Å². The average molecular weight is 314 g/mol. The first-order valence-electron chi connectivity index (χ1n) is 8.45. The molecule has 124 valence electrons. The van der Waals surface area contributed by atoms with E-state index in [0.717, 1.165) is 51.4 Å². The maximum absolute atomic E-state index is 6.06. The van der Waals surface area contributed by atoms with E-state index in [2.05, 4.69) is 32.7 Å². The normalized spacial score (nSPS) is 18.9. The number of piperidine rings is 1. The van der Waals surface area contributed by atoms with Crippen LogP contribution in [-0.2, 0) is 13.1 Å². The largest absolute Gasteiger partial charge is 0.494 e. The van der Waals surface area contributed by atoms with Crippen LogP contribution in [0.2, 0.25) is 0 Å². The maximum atomic E-state index is 6.06. The van der Waals surface area contributed by atoms with Gasteiger partial charge in [0.2, 0.25) is 0 Å². The Hall–Kier alpha value is -1.85. The van der Waals surface area contributed by atoms with Crippen molar-refractivity contribution in [1.29, 1.82) is 0 Å². The van der Waals surface area contributed by atoms with E-state index in [-0.39, 0.29) is 0 Å². The first-order valence-corrected chi connectivity index (χ1v) is 8.45. The minimum atomic E-state index is 0.325. The third kappa shape index (κ3) is 5.08. The molecule has 1 atom stereocenters. The highest BCUT2D eigenvalue weighted by atomic mass is 16.5. The monoisotopic (exact) mass is 314 g/mol. The van der Waals surface area contributed by atoms with E-state index in [0.29, 0.717) is 6.04 Å². The van der Waals surface area contributed by atoms with Crippen molar-refractivity contribution < 1.29 is 4.74 Å². The molecule has 1 fully saturated rings. The van der Waals surface area contributed by atoms with Gasteiger partial charge in [0, 0.05) is 38.1 Å². The topological polar surface area (TPSA) is 56.3 Å². The van der Waals surface area contributed by atoms with Crippen molar-refractivity contribution in [1.82, 2.24) is 14.5 Å². The van der Waals surface area contributed by atoms with Crippen molar-refractivity contribution >= 4 is 0 Å². The number of aromatic nitrogens is 2. The quantitative estimate of drug-likeness (QED) is 0.797. The van der Waals surface area contributed by atoms with Gasteiger partial charge in [-0.2, -0.15) is 0 Å². The third-order valence-corrected chi connectivity index (χ3v) is 4.24. The molecular formula is C18H26N4O. The molecule has 2 N–H and O–H groups in total. The van der Waals surface area contributed by atoms with Gasteiger partial charge in [-0.05, 0) is 43.5 Å². The summed E-state index contributed by atoms with van der Waals surface area (Å²) < 4.78 is 7.95. The first-order chi connectivity index (χ1) is 11.3. The summed E-state index contributed by atoms with van der Waals surface area (Å²) >= 11 is 0. The van der Waals surface area contributed by atoms with Crippen molar-refractivity contribution in [3.8, 4) is 5.75 Å². The molecule has 0 aliphatic carbocycles. The van der Waals surface area contributed by atoms with Crippen LogP contribution in [0.4, 0.5) is 0 Å². The average Bonchev–Trinajstić information content (AvgIpc) is 3.05. The number of likely N-dealkylation sites (tertiary alicyclic amines) is 1. The summed E-state index contributed by atoms with van der Waals surface area (Å²) in [6, 6.07) is 8.74. The maximum Gasteiger partial charge on any atom is 0.119 e. The Bertz CT molecular complexity index is 584. The number of aryl methyl sites for hydroxylation is 1. The summed E-state index contributed by atoms with van der Waals surface area (Å²) in [5.74, 6) is 0.953. The highest BCUT2D eigenvalue weighted by molar-refractivity contribution is 5.28. The minimum Gasteiger partial charge on any atom is -0.494 e. The zero-order valence-electron chi connectivity index (χ0n) is 13.6. The Labute approximate surface area is 138 Å². The van der Waals surface area contributed by atoms with E-state index < -0.39 is 0 Å². The lowest BCUT2D eigenvalue weighted by Crippen LogP contribution is -2.42. The molecule has 23 heavy (non-hydrogen) atoms. The van der Waals surface area contributed by atoms with Gasteiger partial charge in [-0.3, -0.25) is 4.90 Å². The predicted octanol–water partition coefficient (Wildman–Crippen LogP) is 2.28. The number of hydrogen-bond donors (Lipinski definition) is 1. The fourth-order valence-corrected chi connectivity index (χ4v) is 3.08. The number of imidazole rings is 1. The summed E-state index contributed by atoms with van der Waals surface area (Å²) in [5.41, 5.74) is 7.35. The molecule has 1 saturated heterocycles. The van der Waals surface area contributed by atoms with Crippen LogP contribution in [0, 0.1) is 0 Å². The lowest BCUT2D eigenvalue weighted by Gasteiger charge is -2.30. The molecule has 2 heterocycles. The van der Waals surface area contributed by atoms with E-state index >= 15 is 0 Å². The Balaban J connectivity index is 1.45. The van der Waals surface area contributed by atoms with Crippen LogP contribution < -0.4 is 10.5 Å². The lowest BCUT2D eigenvalue weighted by atomic mass is 10.1. The van der Waals surface area contributed by atoms with Crippen LogP contribution in [0.15, 0.2) is 43.0 Å². The molecule has 0 amide bonds. The highest BCUT2D eigenvalue weighted by Crippen LogP contribution is 2.17. The summed E-state index contributed by atoms with van der Waals surface area (Å²) in [6.07, 6.45) is 8.94. The predicted molar refractivity (Wildman–Crippen MR) is 91.3 cm³/mol. The number of benzene rings is 1. The fourth-order valence-electron chi connectivity index (χ4n) is 3.08. The molecular weight excluding hydrogens is 288 g/mol. The molecule has 3 rings (SSSR count). The van der Waals surface area contributed by atoms with Crippen molar-refractivity contribution in [2.75, 3.05) is 19.7 Å². The number of nitrogens with zero attached hydrogens (tertiary/aromatic N) is 3. The molecule has 1 aliphatic heterocycles. The Morgan fingerprint density at radius 3 is 3.13 bits per heavy atom. The number of nitrogens with two attached hydrogens (primary N) is 1. The van der Waals surface area contributed by atoms with E-state index in [4.69, 9.17) is 10.5 Å². The number of hydrogen-bond acceptors (Lipinski definition) is 4. The van der Waals surface area contributed by atoms with Gasteiger partial charge < -0.3 is 15.0 Å². The van der Waals surface area contributed by atoms with Crippen molar-refractivity contribution in [3.05, 3.63) is 48.5 Å². The van der Waals surface area contributed by atoms with Crippen LogP contribution in [-0.4, -0.2) is 40.2 Å². The summed E-state index contributed by atoms with van der Waals surface area (Å²) in [7, 11) is 0. The second kappa shape index (κ2) is 8.13. The lowest BCUT2D eigenvalue weighted by molar-refractivity contribution is 0.201. The SMILES string of the molecule is N[C@H]1CCCN(Cc2cccc(OCCCn3ccnc3)c2)C1. The molecule has 5 nitrogen and oxygen atoms in total. The zero-order valence-corrected chi connectivity index (χ0v) is 13.6. The molecule has 2 aromatic rings. The van der Waals surface area contributed by atoms with Crippen molar-refractivity contribution in [2.24, 2.45) is 5.73 Å². The van der Waals surface area contributed by atoms with Gasteiger partial charge in [0.25, 0.3) is 0 Å². The second-order valence-corrected chi connectivity index (χ2v) is 6.29. The van der Waals surface area contributed by atoms with Crippen LogP contribution >= 0.6 is 0 Å². The molecule has 1 aromatic carbocycles. The molecule has 0 spiro atoms. The molecule has 0 saturated carbocycles. The smallest absolute Gasteiger partial charge is 0.119 e. The second-order valence-electron chi connectivity index (χ2n) is 6.29. The van der Waals surface area contributed by atoms with Crippen molar-refractivity contribution in [3.63, 3.8) is 0 Å². The number of ether oxygens (including phenoxy) is 1. The minimum absolute atomic E-state index is 0.325. The zero-order chi connectivity index (χ0) is 15.9. The van der Waals surface area contributed by atoms with Gasteiger partial charge in [0.1, 0.15) is 5.75 Å². The van der Waals surface area contributed by atoms with E-state index in [1.165, 1.54) is 12.0 Å². The summed E-state index contributed by atoms with van der Waals surface area (Å²) in [6.45, 7) is 4.75. The third-order valence-electron chi connectivity index (χ3n) is 4.24. The number of rotatable bonds is 7. The Kier molecular flexibility index (Phi) is 5.66. The van der Waals surface area contributed by atoms with Gasteiger partial charge in [-0.25, -0.2) is 4.98 Å². The highest BCUT2D eigenvalue weighted by Gasteiger charge is 2.16. The van der Waals surface area contributed by atoms with Gasteiger partial charge in [-0.15, -0.1) is 0 Å². The van der Waals surface area contributed by atoms with Gasteiger partial charge in [0.05, 0.1) is 12.9 Å². The van der Waals surface area contributed by atoms with E-state index in [1.54, 1.807) is 6.20 Å². The standard InChI is InChI=1S/C18H26N4O/c19-17-5-2-8-22(14-17)13-16-4-1-6-18(12-16)23-11-3-9-21-10-7-20-15-21/h1,4,6-7,10,12,15,17H,2-3,5,8-9,11,13-14,19H2/t17-/m0/s1.